The van der Waals surface area contributed by atoms with Gasteiger partial charge in [0.05, 0.1) is 4.32 Å². The zero-order chi connectivity index (χ0) is 15.0. The lowest BCUT2D eigenvalue weighted by Crippen LogP contribution is -2.48. The van der Waals surface area contributed by atoms with Crippen molar-refractivity contribution in [2.24, 2.45) is 22.7 Å². The van der Waals surface area contributed by atoms with Crippen molar-refractivity contribution in [2.45, 2.75) is 50.3 Å². The maximum atomic E-state index is 13.0. The van der Waals surface area contributed by atoms with E-state index in [0.29, 0.717) is 30.0 Å². The molecule has 0 amide bonds. The van der Waals surface area contributed by atoms with E-state index in [9.17, 15) is 4.79 Å². The molecule has 1 nitrogen and oxygen atoms in total. The number of ketones is 1. The Kier molecular flexibility index (Phi) is 2.67. The Morgan fingerprint density at radius 3 is 2.48 bits per heavy atom. The minimum atomic E-state index is -0.299. The molecule has 0 heterocycles. The molecular formula is C19H23BrO. The summed E-state index contributed by atoms with van der Waals surface area (Å²) < 4.78 is -0.299. The minimum Gasteiger partial charge on any atom is -0.298 e. The summed E-state index contributed by atoms with van der Waals surface area (Å²) >= 11 is 4.02. The molecular weight excluding hydrogens is 324 g/mol. The van der Waals surface area contributed by atoms with Crippen LogP contribution in [0.3, 0.4) is 0 Å². The first-order valence-corrected chi connectivity index (χ1v) is 8.90. The highest BCUT2D eigenvalue weighted by Gasteiger charge is 2.78. The van der Waals surface area contributed by atoms with E-state index in [1.54, 1.807) is 0 Å². The van der Waals surface area contributed by atoms with Gasteiger partial charge in [-0.3, -0.25) is 4.79 Å². The number of carbonyl (C=O) groups is 1. The second-order valence-corrected chi connectivity index (χ2v) is 9.33. The van der Waals surface area contributed by atoms with Crippen molar-refractivity contribution in [2.75, 3.05) is 0 Å². The first kappa shape index (κ1) is 14.0. The van der Waals surface area contributed by atoms with Crippen LogP contribution in [0.25, 0.3) is 0 Å². The number of rotatable bonds is 1. The standard InChI is InChI=1S/C19H23BrO/c1-17(2)14-9-10-18(17,3)19(20)15(21)11-13(16(14)19)12-7-5-4-6-8-12/h4-8,13-14,16H,9-11H2,1-3H3/t13-,14-,16+,18-,19-/m1/s1. The Labute approximate surface area is 135 Å². The molecule has 0 aliphatic heterocycles. The van der Waals surface area contributed by atoms with Gasteiger partial charge in [-0.1, -0.05) is 67.0 Å². The van der Waals surface area contributed by atoms with Gasteiger partial charge in [0, 0.05) is 6.42 Å². The molecule has 112 valence electrons. The highest BCUT2D eigenvalue weighted by atomic mass is 79.9. The molecule has 0 spiro atoms. The maximum Gasteiger partial charge on any atom is 0.151 e. The molecule has 5 atom stereocenters. The summed E-state index contributed by atoms with van der Waals surface area (Å²) in [5.41, 5.74) is 1.68. The molecule has 0 saturated heterocycles. The van der Waals surface area contributed by atoms with Crippen molar-refractivity contribution in [3.8, 4) is 0 Å². The van der Waals surface area contributed by atoms with Crippen molar-refractivity contribution in [1.82, 2.24) is 0 Å². The van der Waals surface area contributed by atoms with E-state index in [4.69, 9.17) is 0 Å². The number of carbonyl (C=O) groups excluding carboxylic acids is 1. The van der Waals surface area contributed by atoms with Crippen LogP contribution in [0.4, 0.5) is 0 Å². The van der Waals surface area contributed by atoms with Gasteiger partial charge in [-0.25, -0.2) is 0 Å². The lowest BCUT2D eigenvalue weighted by atomic mass is 9.65. The summed E-state index contributed by atoms with van der Waals surface area (Å²) in [7, 11) is 0. The van der Waals surface area contributed by atoms with Crippen LogP contribution in [0.2, 0.25) is 0 Å². The molecule has 2 heteroatoms. The quantitative estimate of drug-likeness (QED) is 0.657. The van der Waals surface area contributed by atoms with E-state index in [-0.39, 0.29) is 15.2 Å². The Morgan fingerprint density at radius 1 is 1.14 bits per heavy atom. The second-order valence-electron chi connectivity index (χ2n) is 8.08. The summed E-state index contributed by atoms with van der Waals surface area (Å²) in [4.78, 5) is 13.0. The molecule has 0 aromatic heterocycles. The number of halogens is 1. The fourth-order valence-corrected chi connectivity index (χ4v) is 7.52. The highest BCUT2D eigenvalue weighted by molar-refractivity contribution is 9.10. The third-order valence-electron chi connectivity index (χ3n) is 7.47. The van der Waals surface area contributed by atoms with Gasteiger partial charge in [-0.15, -0.1) is 0 Å². The number of hydrogen-bond acceptors (Lipinski definition) is 1. The monoisotopic (exact) mass is 346 g/mol. The van der Waals surface area contributed by atoms with Crippen LogP contribution in [0.15, 0.2) is 30.3 Å². The van der Waals surface area contributed by atoms with E-state index in [0.717, 1.165) is 0 Å². The molecule has 3 aliphatic carbocycles. The van der Waals surface area contributed by atoms with Gasteiger partial charge in [0.15, 0.2) is 5.78 Å². The molecule has 4 rings (SSSR count). The van der Waals surface area contributed by atoms with Crippen LogP contribution in [0.1, 0.15) is 51.5 Å². The zero-order valence-corrected chi connectivity index (χ0v) is 14.6. The number of benzene rings is 1. The molecule has 0 unspecified atom stereocenters. The summed E-state index contributed by atoms with van der Waals surface area (Å²) in [6, 6.07) is 10.7. The van der Waals surface area contributed by atoms with Crippen molar-refractivity contribution in [3.63, 3.8) is 0 Å². The van der Waals surface area contributed by atoms with Gasteiger partial charge in [0.25, 0.3) is 0 Å². The largest absolute Gasteiger partial charge is 0.298 e. The Bertz CT molecular complexity index is 607. The van der Waals surface area contributed by atoms with Gasteiger partial charge in [0.1, 0.15) is 0 Å². The van der Waals surface area contributed by atoms with Crippen molar-refractivity contribution < 1.29 is 4.79 Å². The zero-order valence-electron chi connectivity index (χ0n) is 13.0. The molecule has 0 radical (unpaired) electrons. The van der Waals surface area contributed by atoms with Gasteiger partial charge >= 0.3 is 0 Å². The van der Waals surface area contributed by atoms with E-state index in [1.165, 1.54) is 18.4 Å². The van der Waals surface area contributed by atoms with Crippen molar-refractivity contribution in [3.05, 3.63) is 35.9 Å². The third-order valence-corrected chi connectivity index (χ3v) is 9.32. The predicted octanol–water partition coefficient (Wildman–Crippen LogP) is 4.95. The predicted molar refractivity (Wildman–Crippen MR) is 88.6 cm³/mol. The topological polar surface area (TPSA) is 17.1 Å². The highest BCUT2D eigenvalue weighted by Crippen LogP contribution is 2.79. The maximum absolute atomic E-state index is 13.0. The van der Waals surface area contributed by atoms with Crippen LogP contribution < -0.4 is 0 Å². The summed E-state index contributed by atoms with van der Waals surface area (Å²) in [5, 5.41) is 0. The van der Waals surface area contributed by atoms with Gasteiger partial charge in [-0.05, 0) is 47.0 Å². The van der Waals surface area contributed by atoms with Crippen molar-refractivity contribution >= 4 is 21.7 Å². The van der Waals surface area contributed by atoms with Crippen LogP contribution in [0, 0.1) is 22.7 Å². The second kappa shape index (κ2) is 4.01. The van der Waals surface area contributed by atoms with Crippen LogP contribution >= 0.6 is 15.9 Å². The first-order chi connectivity index (χ1) is 9.84. The average molecular weight is 347 g/mol. The van der Waals surface area contributed by atoms with Gasteiger partial charge in [0.2, 0.25) is 0 Å². The smallest absolute Gasteiger partial charge is 0.151 e. The normalized spacial score (nSPS) is 46.9. The molecule has 3 fully saturated rings. The van der Waals surface area contributed by atoms with Gasteiger partial charge < -0.3 is 0 Å². The fraction of sp³-hybridized carbons (Fsp3) is 0.632. The SMILES string of the molecule is CC1(C)[C@@H]2CC[C@@]1(C)[C@@]1(Br)C(=O)C[C@H](c3ccccc3)[C@@H]21. The lowest BCUT2D eigenvalue weighted by Gasteiger charge is -2.44. The average Bonchev–Trinajstić information content (AvgIpc) is 2.91. The van der Waals surface area contributed by atoms with E-state index in [1.807, 2.05) is 0 Å². The minimum absolute atomic E-state index is 0.0932. The summed E-state index contributed by atoms with van der Waals surface area (Å²) in [6.45, 7) is 7.13. The molecule has 3 aliphatic rings. The Morgan fingerprint density at radius 2 is 1.81 bits per heavy atom. The number of alkyl halides is 1. The van der Waals surface area contributed by atoms with E-state index >= 15 is 0 Å². The fourth-order valence-electron chi connectivity index (χ4n) is 6.01. The van der Waals surface area contributed by atoms with E-state index in [2.05, 4.69) is 67.0 Å². The lowest BCUT2D eigenvalue weighted by molar-refractivity contribution is -0.123. The van der Waals surface area contributed by atoms with Crippen LogP contribution in [0.5, 0.6) is 0 Å². The molecule has 1 aromatic carbocycles. The molecule has 3 saturated carbocycles. The Hall–Kier alpha value is -0.630. The molecule has 21 heavy (non-hydrogen) atoms. The molecule has 0 N–H and O–H groups in total. The van der Waals surface area contributed by atoms with Crippen LogP contribution in [-0.2, 0) is 4.79 Å². The van der Waals surface area contributed by atoms with Crippen molar-refractivity contribution in [1.29, 1.82) is 0 Å². The third kappa shape index (κ3) is 1.37. The van der Waals surface area contributed by atoms with E-state index < -0.39 is 0 Å². The summed E-state index contributed by atoms with van der Waals surface area (Å²) in [5.74, 6) is 1.95. The number of Topliss-reactive ketones (excluding diaryl/α,β-unsaturated/α-hetero) is 1. The van der Waals surface area contributed by atoms with Crippen LogP contribution in [-0.4, -0.2) is 10.1 Å². The molecule has 1 aromatic rings. The van der Waals surface area contributed by atoms with Gasteiger partial charge in [-0.2, -0.15) is 0 Å². The summed E-state index contributed by atoms with van der Waals surface area (Å²) in [6.07, 6.45) is 3.17. The first-order valence-electron chi connectivity index (χ1n) is 8.11. The number of hydrogen-bond donors (Lipinski definition) is 0. The Balaban J connectivity index is 1.87. The number of fused-ring (bicyclic) bond motifs is 5. The molecule has 2 bridgehead atoms.